The van der Waals surface area contributed by atoms with Crippen molar-refractivity contribution < 1.29 is 14.3 Å². The Hall–Kier alpha value is -3.34. The molecule has 1 aromatic carbocycles. The number of benzene rings is 1. The molecule has 1 aromatic heterocycles. The third-order valence-electron chi connectivity index (χ3n) is 7.19. The molecule has 1 aliphatic carbocycles. The molecule has 0 bridgehead atoms. The van der Waals surface area contributed by atoms with Crippen molar-refractivity contribution in [3.8, 4) is 11.9 Å². The second-order valence-electron chi connectivity index (χ2n) is 10.8. The first-order chi connectivity index (χ1) is 16.7. The van der Waals surface area contributed by atoms with E-state index in [1.165, 1.54) is 16.7 Å². The van der Waals surface area contributed by atoms with E-state index in [2.05, 4.69) is 46.1 Å². The molecule has 35 heavy (non-hydrogen) atoms. The first kappa shape index (κ1) is 23.4. The van der Waals surface area contributed by atoms with Crippen molar-refractivity contribution >= 4 is 11.9 Å². The summed E-state index contributed by atoms with van der Waals surface area (Å²) in [4.78, 5) is 25.5. The van der Waals surface area contributed by atoms with Crippen LogP contribution in [0.2, 0.25) is 0 Å². The summed E-state index contributed by atoms with van der Waals surface area (Å²) in [5.74, 6) is 1.40. The molecule has 3 heterocycles. The fraction of sp³-hybridized carbons (Fsp3) is 0.556. The smallest absolute Gasteiger partial charge is 0.410 e. The number of anilines is 1. The predicted molar refractivity (Wildman–Crippen MR) is 132 cm³/mol. The van der Waals surface area contributed by atoms with Crippen LogP contribution in [0.15, 0.2) is 18.2 Å². The van der Waals surface area contributed by atoms with E-state index in [-0.39, 0.29) is 11.9 Å². The minimum absolute atomic E-state index is 0.117. The molecule has 1 saturated heterocycles. The highest BCUT2D eigenvalue weighted by Crippen LogP contribution is 2.48. The maximum atomic E-state index is 12.5. The molecule has 2 aromatic rings. The Morgan fingerprint density at radius 1 is 1.14 bits per heavy atom. The van der Waals surface area contributed by atoms with Crippen molar-refractivity contribution in [1.82, 2.24) is 14.9 Å². The van der Waals surface area contributed by atoms with E-state index >= 15 is 0 Å². The number of carbonyl (C=O) groups excluding carboxylic acids is 1. The minimum atomic E-state index is -0.523. The number of rotatable bonds is 1. The summed E-state index contributed by atoms with van der Waals surface area (Å²) in [7, 11) is 0. The van der Waals surface area contributed by atoms with E-state index in [0.29, 0.717) is 32.1 Å². The van der Waals surface area contributed by atoms with Gasteiger partial charge >= 0.3 is 6.09 Å². The van der Waals surface area contributed by atoms with E-state index in [4.69, 9.17) is 9.47 Å². The minimum Gasteiger partial charge on any atom is -0.466 e. The number of fused-ring (bicyclic) bond motifs is 3. The molecule has 1 amide bonds. The van der Waals surface area contributed by atoms with Gasteiger partial charge in [0.15, 0.2) is 0 Å². The standard InChI is InChI=1S/C27H33N5O3/c1-18-7-5-8-19-9-6-11-27(22(18)19)12-10-20-23(29-21(17-28)30-24(20)34-27)31-13-15-32(16-14-31)25(33)35-26(2,3)4/h5,7-8H,6,9-16H2,1-4H3. The van der Waals surface area contributed by atoms with Crippen LogP contribution in [0, 0.1) is 18.3 Å². The Labute approximate surface area is 206 Å². The van der Waals surface area contributed by atoms with E-state index in [0.717, 1.165) is 43.5 Å². The number of carbonyl (C=O) groups is 1. The number of aromatic nitrogens is 2. The van der Waals surface area contributed by atoms with Gasteiger partial charge in [-0.1, -0.05) is 18.2 Å². The lowest BCUT2D eigenvalue weighted by molar-refractivity contribution is 0.0188. The second kappa shape index (κ2) is 8.71. The molecule has 3 aliphatic rings. The summed E-state index contributed by atoms with van der Waals surface area (Å²) in [6, 6.07) is 8.60. The van der Waals surface area contributed by atoms with Crippen LogP contribution in [0.3, 0.4) is 0 Å². The summed E-state index contributed by atoms with van der Waals surface area (Å²) >= 11 is 0. The Bertz CT molecular complexity index is 1190. The SMILES string of the molecule is Cc1cccc2c1C1(CCC2)CCc2c(nc(C#N)nc2N2CCN(C(=O)OC(C)(C)C)CC2)O1. The number of hydrogen-bond donors (Lipinski definition) is 0. The molecule has 1 fully saturated rings. The molecule has 0 saturated carbocycles. The topological polar surface area (TPSA) is 91.6 Å². The van der Waals surface area contributed by atoms with E-state index < -0.39 is 11.2 Å². The summed E-state index contributed by atoms with van der Waals surface area (Å²) in [5, 5.41) is 9.67. The third-order valence-corrected chi connectivity index (χ3v) is 7.19. The van der Waals surface area contributed by atoms with Crippen LogP contribution >= 0.6 is 0 Å². The summed E-state index contributed by atoms with van der Waals surface area (Å²) in [5.41, 5.74) is 3.93. The highest BCUT2D eigenvalue weighted by atomic mass is 16.6. The van der Waals surface area contributed by atoms with Crippen molar-refractivity contribution in [2.75, 3.05) is 31.1 Å². The lowest BCUT2D eigenvalue weighted by atomic mass is 9.73. The number of amides is 1. The van der Waals surface area contributed by atoms with Crippen LogP contribution < -0.4 is 9.64 Å². The van der Waals surface area contributed by atoms with Gasteiger partial charge in [-0.25, -0.2) is 9.78 Å². The molecular formula is C27H33N5O3. The fourth-order valence-electron chi connectivity index (χ4n) is 5.69. The van der Waals surface area contributed by atoms with Crippen LogP contribution in [0.25, 0.3) is 0 Å². The van der Waals surface area contributed by atoms with E-state index in [9.17, 15) is 10.1 Å². The first-order valence-corrected chi connectivity index (χ1v) is 12.5. The highest BCUT2D eigenvalue weighted by Gasteiger charge is 2.44. The first-order valence-electron chi connectivity index (χ1n) is 12.5. The van der Waals surface area contributed by atoms with Gasteiger partial charge in [-0.15, -0.1) is 0 Å². The zero-order valence-corrected chi connectivity index (χ0v) is 21.1. The maximum absolute atomic E-state index is 12.5. The number of aryl methyl sites for hydroxylation is 2. The van der Waals surface area contributed by atoms with Crippen molar-refractivity contribution in [3.63, 3.8) is 0 Å². The third kappa shape index (κ3) is 4.40. The average Bonchev–Trinajstić information content (AvgIpc) is 2.82. The fourth-order valence-corrected chi connectivity index (χ4v) is 5.69. The van der Waals surface area contributed by atoms with Gasteiger partial charge in [0, 0.05) is 31.7 Å². The van der Waals surface area contributed by atoms with Gasteiger partial charge in [-0.3, -0.25) is 0 Å². The number of ether oxygens (including phenoxy) is 2. The van der Waals surface area contributed by atoms with E-state index in [1.54, 1.807) is 4.90 Å². The molecule has 0 N–H and O–H groups in total. The average molecular weight is 476 g/mol. The Morgan fingerprint density at radius 3 is 2.63 bits per heavy atom. The molecule has 5 rings (SSSR count). The number of piperazine rings is 1. The molecule has 1 unspecified atom stereocenters. The molecule has 1 atom stereocenters. The quantitative estimate of drug-likeness (QED) is 0.608. The Balaban J connectivity index is 1.42. The lowest BCUT2D eigenvalue weighted by Gasteiger charge is -2.44. The van der Waals surface area contributed by atoms with Gasteiger partial charge in [0.25, 0.3) is 0 Å². The monoisotopic (exact) mass is 475 g/mol. The lowest BCUT2D eigenvalue weighted by Crippen LogP contribution is -2.50. The zero-order chi connectivity index (χ0) is 24.8. The largest absolute Gasteiger partial charge is 0.466 e. The number of hydrogen-bond acceptors (Lipinski definition) is 7. The highest BCUT2D eigenvalue weighted by molar-refractivity contribution is 5.68. The Morgan fingerprint density at radius 2 is 1.91 bits per heavy atom. The molecule has 2 aliphatic heterocycles. The molecule has 8 heteroatoms. The van der Waals surface area contributed by atoms with Gasteiger partial charge in [-0.2, -0.15) is 10.2 Å². The molecule has 1 spiro atoms. The predicted octanol–water partition coefficient (Wildman–Crippen LogP) is 4.27. The number of nitriles is 1. The summed E-state index contributed by atoms with van der Waals surface area (Å²) < 4.78 is 12.3. The summed E-state index contributed by atoms with van der Waals surface area (Å²) in [6.45, 7) is 10.1. The van der Waals surface area contributed by atoms with Gasteiger partial charge in [0.05, 0.1) is 5.56 Å². The Kier molecular flexibility index (Phi) is 5.82. The van der Waals surface area contributed by atoms with Crippen molar-refractivity contribution in [1.29, 1.82) is 5.26 Å². The second-order valence-corrected chi connectivity index (χ2v) is 10.8. The van der Waals surface area contributed by atoms with Gasteiger partial charge in [-0.05, 0) is 70.9 Å². The summed E-state index contributed by atoms with van der Waals surface area (Å²) in [6.07, 6.45) is 4.43. The molecule has 184 valence electrons. The molecule has 0 radical (unpaired) electrons. The molecule has 8 nitrogen and oxygen atoms in total. The van der Waals surface area contributed by atoms with Gasteiger partial charge in [0.1, 0.15) is 23.1 Å². The molecular weight excluding hydrogens is 442 g/mol. The maximum Gasteiger partial charge on any atom is 0.410 e. The van der Waals surface area contributed by atoms with Gasteiger partial charge in [0.2, 0.25) is 11.7 Å². The van der Waals surface area contributed by atoms with Gasteiger partial charge < -0.3 is 19.3 Å². The van der Waals surface area contributed by atoms with Crippen LogP contribution in [0.5, 0.6) is 5.88 Å². The normalized spacial score (nSPS) is 21.6. The number of nitrogens with zero attached hydrogens (tertiary/aromatic N) is 5. The zero-order valence-electron chi connectivity index (χ0n) is 21.1. The van der Waals surface area contributed by atoms with Crippen molar-refractivity contribution in [3.05, 3.63) is 46.3 Å². The van der Waals surface area contributed by atoms with Crippen LogP contribution in [0.4, 0.5) is 10.6 Å². The van der Waals surface area contributed by atoms with Crippen LogP contribution in [0.1, 0.15) is 68.1 Å². The van der Waals surface area contributed by atoms with Crippen LogP contribution in [-0.4, -0.2) is 52.7 Å². The van der Waals surface area contributed by atoms with Crippen LogP contribution in [-0.2, 0) is 23.2 Å². The van der Waals surface area contributed by atoms with E-state index in [1.807, 2.05) is 20.8 Å². The van der Waals surface area contributed by atoms with Crippen molar-refractivity contribution in [2.45, 2.75) is 71.0 Å². The van der Waals surface area contributed by atoms with Crippen molar-refractivity contribution in [2.24, 2.45) is 0 Å².